The van der Waals surface area contributed by atoms with Crippen LogP contribution in [0.1, 0.15) is 27.7 Å². The third-order valence-electron chi connectivity index (χ3n) is 2.94. The predicted molar refractivity (Wildman–Crippen MR) is 85.0 cm³/mol. The van der Waals surface area contributed by atoms with Crippen LogP contribution in [0.3, 0.4) is 0 Å². The van der Waals surface area contributed by atoms with Crippen LogP contribution in [0, 0.1) is 0 Å². The molecule has 0 radical (unpaired) electrons. The first kappa shape index (κ1) is 18.3. The Morgan fingerprint density at radius 3 is 2.23 bits per heavy atom. The zero-order valence-corrected chi connectivity index (χ0v) is 14.1. The molecule has 0 heterocycles. The quantitative estimate of drug-likeness (QED) is 0.723. The van der Waals surface area contributed by atoms with Gasteiger partial charge in [-0.3, -0.25) is 4.79 Å². The van der Waals surface area contributed by atoms with Crippen LogP contribution in [0.25, 0.3) is 0 Å². The molecule has 0 N–H and O–H groups in total. The van der Waals surface area contributed by atoms with Crippen molar-refractivity contribution in [2.24, 2.45) is 0 Å². The van der Waals surface area contributed by atoms with Gasteiger partial charge in [-0.25, -0.2) is 4.79 Å². The molecule has 122 valence electrons. The van der Waals surface area contributed by atoms with Crippen molar-refractivity contribution >= 4 is 23.5 Å². The first-order valence-corrected chi connectivity index (χ1v) is 7.54. The Labute approximate surface area is 136 Å². The summed E-state index contributed by atoms with van der Waals surface area (Å²) in [6.07, 6.45) is 0. The summed E-state index contributed by atoms with van der Waals surface area (Å²) < 4.78 is 10.2. The van der Waals surface area contributed by atoms with E-state index in [1.165, 1.54) is 0 Å². The normalized spacial score (nSPS) is 10.7. The number of para-hydroxylation sites is 1. The van der Waals surface area contributed by atoms with E-state index in [1.54, 1.807) is 29.2 Å². The van der Waals surface area contributed by atoms with Crippen molar-refractivity contribution < 1.29 is 19.1 Å². The molecule has 0 aliphatic rings. The SMILES string of the molecule is CC(C)N(C(=O)COC(=O)COc1ccccc1Cl)C(C)C. The highest BCUT2D eigenvalue weighted by atomic mass is 35.5. The van der Waals surface area contributed by atoms with Crippen LogP contribution >= 0.6 is 11.6 Å². The van der Waals surface area contributed by atoms with Gasteiger partial charge in [0, 0.05) is 12.1 Å². The van der Waals surface area contributed by atoms with Crippen LogP contribution in [0.2, 0.25) is 5.02 Å². The summed E-state index contributed by atoms with van der Waals surface area (Å²) in [6, 6.07) is 6.92. The number of rotatable bonds is 7. The number of hydrogen-bond acceptors (Lipinski definition) is 4. The second kappa shape index (κ2) is 8.63. The summed E-state index contributed by atoms with van der Waals surface area (Å²) in [4.78, 5) is 25.3. The van der Waals surface area contributed by atoms with E-state index in [4.69, 9.17) is 21.1 Å². The van der Waals surface area contributed by atoms with E-state index in [2.05, 4.69) is 0 Å². The van der Waals surface area contributed by atoms with E-state index >= 15 is 0 Å². The average molecular weight is 328 g/mol. The van der Waals surface area contributed by atoms with E-state index < -0.39 is 5.97 Å². The monoisotopic (exact) mass is 327 g/mol. The lowest BCUT2D eigenvalue weighted by atomic mass is 10.2. The maximum Gasteiger partial charge on any atom is 0.344 e. The highest BCUT2D eigenvalue weighted by molar-refractivity contribution is 6.32. The standard InChI is InChI=1S/C16H22ClNO4/c1-11(2)18(12(3)4)15(19)9-22-16(20)10-21-14-8-6-5-7-13(14)17/h5-8,11-12H,9-10H2,1-4H3. The molecule has 0 spiro atoms. The molecule has 0 aliphatic carbocycles. The lowest BCUT2D eigenvalue weighted by Crippen LogP contribution is -2.44. The number of esters is 1. The van der Waals surface area contributed by atoms with E-state index in [1.807, 2.05) is 27.7 Å². The van der Waals surface area contributed by atoms with Gasteiger partial charge in [-0.15, -0.1) is 0 Å². The Hall–Kier alpha value is -1.75. The molecule has 0 unspecified atom stereocenters. The summed E-state index contributed by atoms with van der Waals surface area (Å²) >= 11 is 5.91. The maximum absolute atomic E-state index is 12.0. The Morgan fingerprint density at radius 1 is 1.09 bits per heavy atom. The molecule has 0 aromatic heterocycles. The highest BCUT2D eigenvalue weighted by Crippen LogP contribution is 2.22. The lowest BCUT2D eigenvalue weighted by Gasteiger charge is -2.30. The fourth-order valence-corrected chi connectivity index (χ4v) is 2.32. The summed E-state index contributed by atoms with van der Waals surface area (Å²) in [5, 5.41) is 0.414. The molecule has 22 heavy (non-hydrogen) atoms. The average Bonchev–Trinajstić information content (AvgIpc) is 2.43. The van der Waals surface area contributed by atoms with E-state index in [0.29, 0.717) is 10.8 Å². The second-order valence-electron chi connectivity index (χ2n) is 5.37. The van der Waals surface area contributed by atoms with Crippen LogP contribution < -0.4 is 4.74 Å². The topological polar surface area (TPSA) is 55.8 Å². The molecule has 0 fully saturated rings. The molecule has 0 bridgehead atoms. The minimum atomic E-state index is -0.610. The van der Waals surface area contributed by atoms with E-state index in [0.717, 1.165) is 0 Å². The third-order valence-corrected chi connectivity index (χ3v) is 3.25. The van der Waals surface area contributed by atoms with Crippen LogP contribution in [0.15, 0.2) is 24.3 Å². The Morgan fingerprint density at radius 2 is 1.68 bits per heavy atom. The number of amides is 1. The molecular formula is C16H22ClNO4. The first-order valence-electron chi connectivity index (χ1n) is 7.17. The van der Waals surface area contributed by atoms with Crippen LogP contribution in [-0.4, -0.2) is 42.1 Å². The van der Waals surface area contributed by atoms with Crippen molar-refractivity contribution in [1.82, 2.24) is 4.90 Å². The van der Waals surface area contributed by atoms with Gasteiger partial charge in [0.2, 0.25) is 0 Å². The van der Waals surface area contributed by atoms with Crippen molar-refractivity contribution in [3.8, 4) is 5.75 Å². The lowest BCUT2D eigenvalue weighted by molar-refractivity contribution is -0.155. The molecule has 5 nitrogen and oxygen atoms in total. The van der Waals surface area contributed by atoms with Crippen molar-refractivity contribution in [2.75, 3.05) is 13.2 Å². The summed E-state index contributed by atoms with van der Waals surface area (Å²) in [7, 11) is 0. The number of halogens is 1. The van der Waals surface area contributed by atoms with Gasteiger partial charge >= 0.3 is 5.97 Å². The summed E-state index contributed by atoms with van der Waals surface area (Å²) in [5.74, 6) is -0.435. The van der Waals surface area contributed by atoms with Crippen molar-refractivity contribution in [1.29, 1.82) is 0 Å². The largest absolute Gasteiger partial charge is 0.480 e. The van der Waals surface area contributed by atoms with Gasteiger partial charge in [0.1, 0.15) is 5.75 Å². The number of nitrogens with zero attached hydrogens (tertiary/aromatic N) is 1. The zero-order valence-electron chi connectivity index (χ0n) is 13.3. The molecule has 0 saturated heterocycles. The highest BCUT2D eigenvalue weighted by Gasteiger charge is 2.21. The van der Waals surface area contributed by atoms with Crippen molar-refractivity contribution in [3.05, 3.63) is 29.3 Å². The van der Waals surface area contributed by atoms with Gasteiger partial charge in [0.05, 0.1) is 5.02 Å². The fourth-order valence-electron chi connectivity index (χ4n) is 2.13. The second-order valence-corrected chi connectivity index (χ2v) is 5.78. The van der Waals surface area contributed by atoms with Crippen LogP contribution in [0.4, 0.5) is 0 Å². The van der Waals surface area contributed by atoms with Crippen LogP contribution in [-0.2, 0) is 14.3 Å². The molecule has 1 aromatic carbocycles. The van der Waals surface area contributed by atoms with Gasteiger partial charge in [-0.2, -0.15) is 0 Å². The number of hydrogen-bond donors (Lipinski definition) is 0. The fraction of sp³-hybridized carbons (Fsp3) is 0.500. The van der Waals surface area contributed by atoms with Crippen molar-refractivity contribution in [2.45, 2.75) is 39.8 Å². The molecule has 0 atom stereocenters. The molecule has 0 aliphatic heterocycles. The summed E-state index contributed by atoms with van der Waals surface area (Å²) in [5.41, 5.74) is 0. The zero-order chi connectivity index (χ0) is 16.7. The number of benzene rings is 1. The Bertz CT molecular complexity index is 509. The number of ether oxygens (including phenoxy) is 2. The van der Waals surface area contributed by atoms with Gasteiger partial charge in [0.25, 0.3) is 5.91 Å². The minimum Gasteiger partial charge on any atom is -0.480 e. The van der Waals surface area contributed by atoms with E-state index in [9.17, 15) is 9.59 Å². The Balaban J connectivity index is 2.43. The van der Waals surface area contributed by atoms with E-state index in [-0.39, 0.29) is 31.2 Å². The molecule has 6 heteroatoms. The number of carbonyl (C=O) groups is 2. The maximum atomic E-state index is 12.0. The van der Waals surface area contributed by atoms with Gasteiger partial charge in [-0.05, 0) is 39.8 Å². The molecule has 1 rings (SSSR count). The van der Waals surface area contributed by atoms with Crippen molar-refractivity contribution in [3.63, 3.8) is 0 Å². The molecule has 1 amide bonds. The smallest absolute Gasteiger partial charge is 0.344 e. The predicted octanol–water partition coefficient (Wildman–Crippen LogP) is 2.91. The van der Waals surface area contributed by atoms with Gasteiger partial charge < -0.3 is 14.4 Å². The first-order chi connectivity index (χ1) is 10.3. The molecule has 1 aromatic rings. The molecule has 0 saturated carbocycles. The molecular weight excluding hydrogens is 306 g/mol. The summed E-state index contributed by atoms with van der Waals surface area (Å²) in [6.45, 7) is 7.09. The number of carbonyl (C=O) groups excluding carboxylic acids is 2. The third kappa shape index (κ3) is 5.56. The Kier molecular flexibility index (Phi) is 7.18. The van der Waals surface area contributed by atoms with Gasteiger partial charge in [-0.1, -0.05) is 23.7 Å². The van der Waals surface area contributed by atoms with Crippen LogP contribution in [0.5, 0.6) is 5.75 Å². The minimum absolute atomic E-state index is 0.0468. The van der Waals surface area contributed by atoms with Gasteiger partial charge in [0.15, 0.2) is 13.2 Å².